The van der Waals surface area contributed by atoms with Gasteiger partial charge in [0.2, 0.25) is 29.5 Å². The fourth-order valence-electron chi connectivity index (χ4n) is 9.74. The van der Waals surface area contributed by atoms with Gasteiger partial charge in [0.1, 0.15) is 94.1 Å². The van der Waals surface area contributed by atoms with Crippen LogP contribution in [-0.4, -0.2) is 165 Å². The van der Waals surface area contributed by atoms with Crippen molar-refractivity contribution in [1.29, 1.82) is 0 Å². The first kappa shape index (κ1) is 66.7. The summed E-state index contributed by atoms with van der Waals surface area (Å²) >= 11 is 6.83. The number of nitrogens with zero attached hydrogens (tertiary/aromatic N) is 8. The lowest BCUT2D eigenvalue weighted by atomic mass is 10.1. The summed E-state index contributed by atoms with van der Waals surface area (Å²) in [6.45, 7) is 2.80. The summed E-state index contributed by atoms with van der Waals surface area (Å²) in [5, 5.41) is 59.5. The molecule has 484 valence electrons. The Morgan fingerprint density at radius 2 is 1.25 bits per heavy atom. The molecule has 0 spiro atoms. The van der Waals surface area contributed by atoms with Crippen molar-refractivity contribution in [3.8, 4) is 43.4 Å². The Balaban J connectivity index is 0.949. The van der Waals surface area contributed by atoms with Gasteiger partial charge >= 0.3 is 5.97 Å². The summed E-state index contributed by atoms with van der Waals surface area (Å²) in [4.78, 5) is 167. The first-order valence-electron chi connectivity index (χ1n) is 28.6. The van der Waals surface area contributed by atoms with Crippen molar-refractivity contribution in [2.24, 2.45) is 11.7 Å². The van der Waals surface area contributed by atoms with Crippen LogP contribution in [0, 0.1) is 5.92 Å². The Labute approximate surface area is 552 Å². The highest BCUT2D eigenvalue weighted by Crippen LogP contribution is 2.39. The van der Waals surface area contributed by atoms with Gasteiger partial charge in [-0.05, 0) is 49.8 Å². The summed E-state index contributed by atoms with van der Waals surface area (Å²) in [5.41, 5.74) is 8.11. The van der Waals surface area contributed by atoms with E-state index >= 15 is 0 Å². The largest absolute Gasteiger partial charge is 0.480 e. The van der Waals surface area contributed by atoms with E-state index in [1.807, 2.05) is 44.2 Å². The lowest BCUT2D eigenvalue weighted by molar-refractivity contribution is -0.143. The number of rotatable bonds is 16. The molecule has 9 amide bonds. The van der Waals surface area contributed by atoms with Gasteiger partial charge in [-0.3, -0.25) is 47.9 Å². The fourth-order valence-corrected chi connectivity index (χ4v) is 14.9. The van der Waals surface area contributed by atoms with E-state index in [-0.39, 0.29) is 69.5 Å². The molecule has 7 unspecified atom stereocenters. The molecule has 2 aliphatic rings. The number of primary amides is 1. The SMILES string of the molecule is CC(NC(=O)C(CO)NC(=O)C1CCCN1C(=O)C(CO)NC(=O)c1csc(-c2ccc3c(n2)-c2csc(n2)-c2csc(n2)C(Cc2ccccc2)NC(=O)CNC(=O)c2csc(n2)C(C(C)C)NC(=O)c2csc(n2)C(CC(N)=O)NC(=O)c2csc-3n2)n1)C(=O)O. The van der Waals surface area contributed by atoms with E-state index in [0.717, 1.165) is 55.8 Å². The van der Waals surface area contributed by atoms with Gasteiger partial charge in [0, 0.05) is 44.4 Å². The molecular formula is C58H58N16O13S6. The van der Waals surface area contributed by atoms with Crippen LogP contribution in [0.2, 0.25) is 0 Å². The van der Waals surface area contributed by atoms with Gasteiger partial charge in [-0.1, -0.05) is 44.2 Å². The molecule has 0 radical (unpaired) electrons. The van der Waals surface area contributed by atoms with Crippen LogP contribution in [0.4, 0.5) is 0 Å². The second-order valence-electron chi connectivity index (χ2n) is 21.5. The second-order valence-corrected chi connectivity index (χ2v) is 26.8. The zero-order valence-corrected chi connectivity index (χ0v) is 54.2. The van der Waals surface area contributed by atoms with Crippen molar-refractivity contribution in [3.63, 3.8) is 0 Å². The Kier molecular flexibility index (Phi) is 21.2. The maximum atomic E-state index is 14.2. The molecule has 1 fully saturated rings. The molecule has 0 saturated carbocycles. The topological polar surface area (TPSA) is 435 Å². The minimum Gasteiger partial charge on any atom is -0.480 e. The normalized spacial score (nSPS) is 18.0. The van der Waals surface area contributed by atoms with E-state index in [2.05, 4.69) is 52.2 Å². The molecule has 93 heavy (non-hydrogen) atoms. The first-order valence-corrected chi connectivity index (χ1v) is 33.9. The number of aromatic nitrogens is 7. The molecule has 9 heterocycles. The molecule has 35 heteroatoms. The zero-order valence-electron chi connectivity index (χ0n) is 49.3. The van der Waals surface area contributed by atoms with Crippen LogP contribution in [0.3, 0.4) is 0 Å². The average molecular weight is 1380 g/mol. The van der Waals surface area contributed by atoms with Crippen LogP contribution < -0.4 is 43.0 Å². The van der Waals surface area contributed by atoms with Crippen LogP contribution in [0.25, 0.3) is 43.4 Å². The summed E-state index contributed by atoms with van der Waals surface area (Å²) in [5.74, 6) is -8.23. The highest BCUT2D eigenvalue weighted by Gasteiger charge is 2.40. The predicted molar refractivity (Wildman–Crippen MR) is 343 cm³/mol. The molecule has 7 atom stereocenters. The van der Waals surface area contributed by atoms with Crippen LogP contribution in [0.5, 0.6) is 0 Å². The number of fused-ring (bicyclic) bond motifs is 14. The number of carbonyl (C=O) groups excluding carboxylic acids is 9. The lowest BCUT2D eigenvalue weighted by Gasteiger charge is -2.29. The van der Waals surface area contributed by atoms with E-state index in [4.69, 9.17) is 25.7 Å². The van der Waals surface area contributed by atoms with Gasteiger partial charge in [-0.25, -0.2) is 34.9 Å². The molecule has 7 aromatic heterocycles. The molecule has 0 aliphatic carbocycles. The average Bonchev–Trinajstić information content (AvgIpc) is 1.70. The number of hydrogen-bond acceptors (Lipinski definition) is 25. The van der Waals surface area contributed by atoms with Gasteiger partial charge in [-0.15, -0.1) is 68.0 Å². The third-order valence-corrected chi connectivity index (χ3v) is 20.0. The van der Waals surface area contributed by atoms with Gasteiger partial charge in [0.25, 0.3) is 23.6 Å². The fraction of sp³-hybridized carbons (Fsp3) is 0.328. The summed E-state index contributed by atoms with van der Waals surface area (Å²) in [7, 11) is 0. The number of amides is 9. The molecule has 29 nitrogen and oxygen atoms in total. The van der Waals surface area contributed by atoms with Crippen LogP contribution in [0.1, 0.15) is 121 Å². The lowest BCUT2D eigenvalue weighted by Crippen LogP contribution is -2.58. The summed E-state index contributed by atoms with van der Waals surface area (Å²) < 4.78 is 0. The van der Waals surface area contributed by atoms with E-state index in [9.17, 15) is 63.3 Å². The molecule has 1 saturated heterocycles. The summed E-state index contributed by atoms with van der Waals surface area (Å²) in [6.07, 6.45) is 0.429. The van der Waals surface area contributed by atoms with Gasteiger partial charge in [-0.2, -0.15) is 0 Å². The monoisotopic (exact) mass is 1380 g/mol. The van der Waals surface area contributed by atoms with E-state index in [1.165, 1.54) is 51.1 Å². The number of nitrogens with two attached hydrogens (primary N) is 1. The second kappa shape index (κ2) is 29.6. The number of nitrogens with one attached hydrogen (secondary N) is 7. The van der Waals surface area contributed by atoms with Crippen molar-refractivity contribution in [3.05, 3.63) is 118 Å². The standard InChI is InChI=1S/C58H58N16O13S6/c1-25(2)43-56-71-35(20-93-56)45(79)60-16-42(78)62-30(14-27-8-5-4-6-9-27)53-72-39(24-92-53)55-67-34(19-89-55)44-28(51-68-36(21-88-51)47(81)64-31(15-41(59)77)54-70-38(23-91-54)49(83)73-43)11-12-29(63-44)52-69-37(22-90-52)48(82)66-33(18-76)57(85)74-13-7-10-40(74)50(84)65-32(17-75)46(80)61-26(3)58(86)87/h4-6,8-9,11-12,19-26,30-33,40,43,75-76H,7,10,13-18H2,1-3H3,(H2,59,77)(H,60,79)(H,61,80)(H,62,78)(H,64,81)(H,65,84)(H,66,82)(H,73,83)(H,86,87). The van der Waals surface area contributed by atoms with Crippen LogP contribution >= 0.6 is 68.0 Å². The van der Waals surface area contributed by atoms with E-state index in [1.54, 1.807) is 22.9 Å². The number of aliphatic carboxylic acids is 1. The number of likely N-dealkylation sites (tertiary alicyclic amines) is 1. The molecule has 2 aliphatic heterocycles. The number of aliphatic hydroxyl groups is 2. The van der Waals surface area contributed by atoms with Crippen molar-refractivity contribution in [2.45, 2.75) is 88.7 Å². The smallest absolute Gasteiger partial charge is 0.325 e. The number of carboxylic acid groups (broad SMARTS) is 1. The molecule has 12 N–H and O–H groups in total. The van der Waals surface area contributed by atoms with Crippen molar-refractivity contribution >= 4 is 127 Å². The summed E-state index contributed by atoms with van der Waals surface area (Å²) in [6, 6.07) is 4.74. The third-order valence-electron chi connectivity index (χ3n) is 14.5. The van der Waals surface area contributed by atoms with E-state index < -0.39 is 121 Å². The predicted octanol–water partition coefficient (Wildman–Crippen LogP) is 3.25. The first-order chi connectivity index (χ1) is 44.6. The molecule has 10 rings (SSSR count). The van der Waals surface area contributed by atoms with Gasteiger partial charge < -0.3 is 63.2 Å². The number of aliphatic hydroxyl groups excluding tert-OH is 2. The van der Waals surface area contributed by atoms with Crippen molar-refractivity contribution in [1.82, 2.24) is 77.0 Å². The maximum Gasteiger partial charge on any atom is 0.325 e. The number of carbonyl (C=O) groups is 10. The Bertz CT molecular complexity index is 4140. The highest BCUT2D eigenvalue weighted by atomic mass is 32.1. The maximum absolute atomic E-state index is 14.2. The number of hydrogen-bond donors (Lipinski definition) is 11. The highest BCUT2D eigenvalue weighted by molar-refractivity contribution is 7.15. The third kappa shape index (κ3) is 15.8. The molecule has 10 bridgehead atoms. The van der Waals surface area contributed by atoms with Crippen molar-refractivity contribution in [2.75, 3.05) is 26.3 Å². The Morgan fingerprint density at radius 1 is 0.634 bits per heavy atom. The minimum atomic E-state index is -1.56. The molecule has 8 aromatic rings. The van der Waals surface area contributed by atoms with Crippen molar-refractivity contribution < 1.29 is 63.3 Å². The quantitative estimate of drug-likeness (QED) is 0.0661. The van der Waals surface area contributed by atoms with Gasteiger partial charge in [0.05, 0.1) is 50.0 Å². The Hall–Kier alpha value is -9.23. The number of carboxylic acids is 1. The van der Waals surface area contributed by atoms with E-state index in [0.29, 0.717) is 49.8 Å². The molecular weight excluding hydrogens is 1320 g/mol. The molecule has 1 aromatic carbocycles. The van der Waals surface area contributed by atoms with Crippen LogP contribution in [0.15, 0.2) is 74.7 Å². The number of pyridine rings is 1. The number of benzene rings is 1. The zero-order chi connectivity index (χ0) is 66.2. The van der Waals surface area contributed by atoms with Crippen LogP contribution in [-0.2, 0) is 35.2 Å². The Morgan fingerprint density at radius 3 is 1.97 bits per heavy atom. The van der Waals surface area contributed by atoms with Gasteiger partial charge in [0.15, 0.2) is 0 Å². The minimum absolute atomic E-state index is 0.0209. The number of thiazole rings is 6.